The third-order valence-electron chi connectivity index (χ3n) is 4.28. The molecule has 0 aliphatic rings. The molecule has 0 spiro atoms. The third kappa shape index (κ3) is 4.75. The molecule has 0 fully saturated rings. The molecule has 0 radical (unpaired) electrons. The second kappa shape index (κ2) is 8.53. The molecule has 0 aliphatic heterocycles. The Labute approximate surface area is 158 Å². The molecule has 0 saturated carbocycles. The Morgan fingerprint density at radius 2 is 1.78 bits per heavy atom. The number of carbonyl (C=O) groups is 3. The number of nitrogens with zero attached hydrogens (tertiary/aromatic N) is 2. The van der Waals surface area contributed by atoms with Crippen molar-refractivity contribution in [2.45, 2.75) is 20.8 Å². The largest absolute Gasteiger partial charge is 0.452 e. The molecular weight excluding hydrogens is 346 g/mol. The number of amides is 2. The van der Waals surface area contributed by atoms with Crippen LogP contribution in [0.5, 0.6) is 0 Å². The lowest BCUT2D eigenvalue weighted by Crippen LogP contribution is -2.38. The molecule has 0 aliphatic carbocycles. The maximum absolute atomic E-state index is 12.4. The van der Waals surface area contributed by atoms with Gasteiger partial charge in [-0.15, -0.1) is 0 Å². The van der Waals surface area contributed by atoms with Gasteiger partial charge in [-0.3, -0.25) is 9.59 Å². The van der Waals surface area contributed by atoms with Crippen molar-refractivity contribution in [2.24, 2.45) is 0 Å². The molecule has 1 heterocycles. The van der Waals surface area contributed by atoms with Gasteiger partial charge in [-0.1, -0.05) is 18.2 Å². The van der Waals surface area contributed by atoms with Gasteiger partial charge in [0.05, 0.1) is 12.1 Å². The van der Waals surface area contributed by atoms with Crippen LogP contribution in [-0.4, -0.2) is 54.5 Å². The molecule has 1 aromatic heterocycles. The van der Waals surface area contributed by atoms with E-state index in [1.807, 2.05) is 49.6 Å². The minimum absolute atomic E-state index is 0.134. The number of aromatic nitrogens is 1. The quantitative estimate of drug-likeness (QED) is 0.785. The van der Waals surface area contributed by atoms with Gasteiger partial charge in [0.25, 0.3) is 5.91 Å². The van der Waals surface area contributed by atoms with Gasteiger partial charge >= 0.3 is 5.97 Å². The zero-order valence-corrected chi connectivity index (χ0v) is 16.3. The Morgan fingerprint density at radius 3 is 2.41 bits per heavy atom. The van der Waals surface area contributed by atoms with Crippen LogP contribution in [0, 0.1) is 20.8 Å². The molecule has 0 saturated heterocycles. The maximum Gasteiger partial charge on any atom is 0.340 e. The summed E-state index contributed by atoms with van der Waals surface area (Å²) in [4.78, 5) is 37.0. The minimum Gasteiger partial charge on any atom is -0.452 e. The molecule has 0 bridgehead atoms. The van der Waals surface area contributed by atoms with E-state index in [1.165, 1.54) is 4.90 Å². The predicted molar refractivity (Wildman–Crippen MR) is 102 cm³/mol. The monoisotopic (exact) mass is 371 g/mol. The Bertz CT molecular complexity index is 868. The van der Waals surface area contributed by atoms with E-state index in [0.717, 1.165) is 22.6 Å². The molecule has 7 nitrogen and oxygen atoms in total. The molecule has 2 aromatic rings. The fourth-order valence-electron chi connectivity index (χ4n) is 2.75. The van der Waals surface area contributed by atoms with Crippen molar-refractivity contribution in [1.29, 1.82) is 0 Å². The van der Waals surface area contributed by atoms with Crippen molar-refractivity contribution in [2.75, 3.05) is 27.2 Å². The summed E-state index contributed by atoms with van der Waals surface area (Å²) in [6, 6.07) is 9.64. The summed E-state index contributed by atoms with van der Waals surface area (Å²) >= 11 is 0. The van der Waals surface area contributed by atoms with Crippen LogP contribution < -0.4 is 5.32 Å². The number of rotatable bonds is 6. The van der Waals surface area contributed by atoms with Crippen LogP contribution >= 0.6 is 0 Å². The van der Waals surface area contributed by atoms with Crippen LogP contribution in [0.4, 0.5) is 0 Å². The summed E-state index contributed by atoms with van der Waals surface area (Å²) in [7, 11) is 3.19. The summed E-state index contributed by atoms with van der Waals surface area (Å²) in [5, 5.41) is 2.42. The third-order valence-corrected chi connectivity index (χ3v) is 4.28. The van der Waals surface area contributed by atoms with Crippen LogP contribution in [-0.2, 0) is 14.3 Å². The Morgan fingerprint density at radius 1 is 1.11 bits per heavy atom. The lowest BCUT2D eigenvalue weighted by atomic mass is 10.2. The van der Waals surface area contributed by atoms with Crippen molar-refractivity contribution < 1.29 is 19.1 Å². The second-order valence-electron chi connectivity index (χ2n) is 6.55. The Hall–Kier alpha value is -3.09. The summed E-state index contributed by atoms with van der Waals surface area (Å²) < 4.78 is 7.10. The highest BCUT2D eigenvalue weighted by Crippen LogP contribution is 2.23. The SMILES string of the molecule is Cc1ccccc1-n1c(C)cc(C(=O)OCC(=O)NCC(=O)N(C)C)c1C. The van der Waals surface area contributed by atoms with Gasteiger partial charge in [0.15, 0.2) is 6.61 Å². The fraction of sp³-hybridized carbons (Fsp3) is 0.350. The van der Waals surface area contributed by atoms with Gasteiger partial charge < -0.3 is 19.5 Å². The number of para-hydroxylation sites is 1. The summed E-state index contributed by atoms with van der Waals surface area (Å²) in [5.74, 6) is -1.33. The number of ether oxygens (including phenoxy) is 1. The summed E-state index contributed by atoms with van der Waals surface area (Å²) in [6.07, 6.45) is 0. The first-order chi connectivity index (χ1) is 12.7. The number of carbonyl (C=O) groups excluding carboxylic acids is 3. The lowest BCUT2D eigenvalue weighted by molar-refractivity contribution is -0.131. The van der Waals surface area contributed by atoms with Gasteiger partial charge in [-0.05, 0) is 38.5 Å². The van der Waals surface area contributed by atoms with Gasteiger partial charge in [-0.2, -0.15) is 0 Å². The average Bonchev–Trinajstić information content (AvgIpc) is 2.92. The highest BCUT2D eigenvalue weighted by Gasteiger charge is 2.19. The number of nitrogens with one attached hydrogen (secondary N) is 1. The normalized spacial score (nSPS) is 10.4. The van der Waals surface area contributed by atoms with Crippen LogP contribution in [0.2, 0.25) is 0 Å². The molecular formula is C20H25N3O4. The van der Waals surface area contributed by atoms with Crippen LogP contribution in [0.3, 0.4) is 0 Å². The van der Waals surface area contributed by atoms with E-state index < -0.39 is 18.5 Å². The van der Waals surface area contributed by atoms with Crippen molar-refractivity contribution >= 4 is 17.8 Å². The van der Waals surface area contributed by atoms with Crippen LogP contribution in [0.15, 0.2) is 30.3 Å². The molecule has 7 heteroatoms. The van der Waals surface area contributed by atoms with E-state index in [1.54, 1.807) is 20.2 Å². The van der Waals surface area contributed by atoms with Crippen molar-refractivity contribution in [3.05, 3.63) is 52.8 Å². The predicted octanol–water partition coefficient (Wildman–Crippen LogP) is 1.76. The molecule has 2 amide bonds. The first-order valence-electron chi connectivity index (χ1n) is 8.61. The van der Waals surface area contributed by atoms with E-state index in [9.17, 15) is 14.4 Å². The standard InChI is InChI=1S/C20H25N3O4/c1-13-8-6-7-9-17(13)23-14(2)10-16(15(23)3)20(26)27-12-18(24)21-11-19(25)22(4)5/h6-10H,11-12H2,1-5H3,(H,21,24). The highest BCUT2D eigenvalue weighted by molar-refractivity contribution is 5.93. The highest BCUT2D eigenvalue weighted by atomic mass is 16.5. The van der Waals surface area contributed by atoms with Crippen molar-refractivity contribution in [3.63, 3.8) is 0 Å². The zero-order chi connectivity index (χ0) is 20.1. The Kier molecular flexibility index (Phi) is 6.39. The Balaban J connectivity index is 2.06. The summed E-state index contributed by atoms with van der Waals surface area (Å²) in [5.41, 5.74) is 4.13. The van der Waals surface area contributed by atoms with Gasteiger partial charge in [0.1, 0.15) is 0 Å². The number of hydrogen-bond donors (Lipinski definition) is 1. The number of hydrogen-bond acceptors (Lipinski definition) is 4. The molecule has 0 unspecified atom stereocenters. The topological polar surface area (TPSA) is 80.6 Å². The fourth-order valence-corrected chi connectivity index (χ4v) is 2.75. The van der Waals surface area contributed by atoms with Gasteiger partial charge in [0.2, 0.25) is 5.91 Å². The lowest BCUT2D eigenvalue weighted by Gasteiger charge is -2.13. The van der Waals surface area contributed by atoms with E-state index in [-0.39, 0.29) is 12.5 Å². The molecule has 1 N–H and O–H groups in total. The van der Waals surface area contributed by atoms with Crippen LogP contribution in [0.25, 0.3) is 5.69 Å². The van der Waals surface area contributed by atoms with E-state index in [2.05, 4.69) is 5.32 Å². The van der Waals surface area contributed by atoms with Crippen LogP contribution in [0.1, 0.15) is 27.3 Å². The molecule has 0 atom stereocenters. The number of aryl methyl sites for hydroxylation is 2. The molecule has 27 heavy (non-hydrogen) atoms. The first-order valence-corrected chi connectivity index (χ1v) is 8.61. The van der Waals surface area contributed by atoms with Crippen molar-refractivity contribution in [3.8, 4) is 5.69 Å². The maximum atomic E-state index is 12.4. The molecule has 144 valence electrons. The zero-order valence-electron chi connectivity index (χ0n) is 16.3. The van der Waals surface area contributed by atoms with Crippen molar-refractivity contribution in [1.82, 2.24) is 14.8 Å². The minimum atomic E-state index is -0.572. The van der Waals surface area contributed by atoms with Gasteiger partial charge in [0, 0.05) is 31.2 Å². The smallest absolute Gasteiger partial charge is 0.340 e. The van der Waals surface area contributed by atoms with E-state index in [4.69, 9.17) is 4.74 Å². The van der Waals surface area contributed by atoms with E-state index in [0.29, 0.717) is 5.56 Å². The second-order valence-corrected chi connectivity index (χ2v) is 6.55. The first kappa shape index (κ1) is 20.2. The molecule has 2 rings (SSSR count). The molecule has 1 aromatic carbocycles. The van der Waals surface area contributed by atoms with Gasteiger partial charge in [-0.25, -0.2) is 4.79 Å². The number of esters is 1. The average molecular weight is 371 g/mol. The number of likely N-dealkylation sites (N-methyl/N-ethyl adjacent to an activating group) is 1. The number of benzene rings is 1. The summed E-state index contributed by atoms with van der Waals surface area (Å²) in [6.45, 7) is 5.19. The van der Waals surface area contributed by atoms with E-state index >= 15 is 0 Å².